The summed E-state index contributed by atoms with van der Waals surface area (Å²) in [6.07, 6.45) is 1.10. The Morgan fingerprint density at radius 2 is 2.05 bits per heavy atom. The summed E-state index contributed by atoms with van der Waals surface area (Å²) < 4.78 is 40.7. The van der Waals surface area contributed by atoms with Crippen LogP contribution in [-0.2, 0) is 10.2 Å². The number of aromatic nitrogens is 1. The van der Waals surface area contributed by atoms with Gasteiger partial charge in [0, 0.05) is 15.4 Å². The summed E-state index contributed by atoms with van der Waals surface area (Å²) in [4.78, 5) is 4.11. The molecule has 8 heteroatoms. The number of alkyl halides is 2. The summed E-state index contributed by atoms with van der Waals surface area (Å²) in [5.74, 6) is 0. The largest absolute Gasteiger partial charge is 0.411 e. The Hall–Kier alpha value is -1.33. The van der Waals surface area contributed by atoms with Gasteiger partial charge in [-0.05, 0) is 31.5 Å². The van der Waals surface area contributed by atoms with E-state index in [0.717, 1.165) is 19.5 Å². The van der Waals surface area contributed by atoms with Crippen molar-refractivity contribution in [2.45, 2.75) is 5.66 Å². The maximum absolute atomic E-state index is 14.3. The fraction of sp³-hybridized carbons (Fsp3) is 0.231. The third-order valence-electron chi connectivity index (χ3n) is 2.99. The number of fused-ring (bicyclic) bond motifs is 1. The molecule has 0 spiro atoms. The molecule has 112 valence electrons. The lowest BCUT2D eigenvalue weighted by Crippen LogP contribution is -2.14. The Kier molecular flexibility index (Phi) is 4.17. The average molecular weight is 377 g/mol. The van der Waals surface area contributed by atoms with Gasteiger partial charge in [-0.15, -0.1) is 0 Å². The highest BCUT2D eigenvalue weighted by Gasteiger charge is 2.46. The molecule has 1 heterocycles. The van der Waals surface area contributed by atoms with Gasteiger partial charge in [0.05, 0.1) is 17.4 Å². The highest BCUT2D eigenvalue weighted by molar-refractivity contribution is 9.10. The molecule has 0 saturated heterocycles. The fourth-order valence-electron chi connectivity index (χ4n) is 1.81. The van der Waals surface area contributed by atoms with Crippen LogP contribution in [-0.4, -0.2) is 29.7 Å². The topological polar surface area (TPSA) is 62.5 Å². The van der Waals surface area contributed by atoms with Crippen LogP contribution in [0.1, 0.15) is 11.3 Å². The molecule has 0 radical (unpaired) electrons. The normalized spacial score (nSPS) is 13.2. The molecule has 0 aliphatic heterocycles. The molecule has 2 aromatic rings. The molecule has 0 unspecified atom stereocenters. The van der Waals surface area contributed by atoms with E-state index in [1.54, 1.807) is 12.1 Å². The van der Waals surface area contributed by atoms with Crippen molar-refractivity contribution < 1.29 is 18.6 Å². The molecule has 0 fully saturated rings. The first-order valence-corrected chi connectivity index (χ1v) is 9.27. The Bertz CT molecular complexity index is 774. The van der Waals surface area contributed by atoms with E-state index < -0.39 is 12.8 Å². The van der Waals surface area contributed by atoms with Crippen molar-refractivity contribution >= 4 is 40.2 Å². The molecular formula is C13H12BrF2N2O2P. The number of oxime groups is 1. The van der Waals surface area contributed by atoms with Crippen molar-refractivity contribution in [2.75, 3.05) is 13.3 Å². The van der Waals surface area contributed by atoms with Crippen LogP contribution in [0.5, 0.6) is 0 Å². The predicted molar refractivity (Wildman–Crippen MR) is 82.2 cm³/mol. The summed E-state index contributed by atoms with van der Waals surface area (Å²) in [5, 5.41) is 12.0. The molecule has 4 nitrogen and oxygen atoms in total. The molecule has 0 aliphatic rings. The van der Waals surface area contributed by atoms with Crippen molar-refractivity contribution in [3.63, 3.8) is 0 Å². The average Bonchev–Trinajstić information content (AvgIpc) is 2.37. The molecule has 21 heavy (non-hydrogen) atoms. The number of pyridine rings is 1. The number of hydrogen-bond donors (Lipinski definition) is 1. The Balaban J connectivity index is 2.71. The molecule has 1 aromatic carbocycles. The highest BCUT2D eigenvalue weighted by Crippen LogP contribution is 2.61. The fourth-order valence-corrected chi connectivity index (χ4v) is 3.34. The minimum atomic E-state index is -3.68. The van der Waals surface area contributed by atoms with Gasteiger partial charge in [0.25, 0.3) is 0 Å². The molecule has 2 rings (SSSR count). The molecule has 0 aliphatic carbocycles. The van der Waals surface area contributed by atoms with E-state index >= 15 is 0 Å². The van der Waals surface area contributed by atoms with E-state index in [0.29, 0.717) is 16.6 Å². The first-order chi connectivity index (χ1) is 9.66. The van der Waals surface area contributed by atoms with Gasteiger partial charge in [-0.1, -0.05) is 27.2 Å². The van der Waals surface area contributed by atoms with Crippen LogP contribution in [0.2, 0.25) is 0 Å². The summed E-state index contributed by atoms with van der Waals surface area (Å²) in [5.41, 5.74) is -3.19. The van der Waals surface area contributed by atoms with Crippen molar-refractivity contribution in [1.29, 1.82) is 0 Å². The summed E-state index contributed by atoms with van der Waals surface area (Å²) in [6.45, 7) is 2.10. The lowest BCUT2D eigenvalue weighted by atomic mass is 10.1. The number of nitrogens with zero attached hydrogens (tertiary/aromatic N) is 2. The van der Waals surface area contributed by atoms with Crippen LogP contribution in [0.15, 0.2) is 33.9 Å². The minimum absolute atomic E-state index is 0.175. The standard InChI is InChI=1S/C13H12BrF2N2O2P/c1-21(2,20)13(15,16)10-6-12-8(5-11(10)14)3-4-9(18-12)7-17-19/h3-7,19H,1-2H3/b17-7+. The number of halogens is 3. The van der Waals surface area contributed by atoms with E-state index in [1.807, 2.05) is 0 Å². The maximum atomic E-state index is 14.3. The van der Waals surface area contributed by atoms with Crippen LogP contribution in [0.25, 0.3) is 10.9 Å². The zero-order valence-corrected chi connectivity index (χ0v) is 13.7. The SMILES string of the molecule is CP(C)(=O)C(F)(F)c1cc2nc(/C=N/O)ccc2cc1Br. The molecule has 1 aromatic heterocycles. The molecule has 0 amide bonds. The summed E-state index contributed by atoms with van der Waals surface area (Å²) in [6, 6.07) is 5.97. The van der Waals surface area contributed by atoms with Gasteiger partial charge in [0.1, 0.15) is 0 Å². The third-order valence-corrected chi connectivity index (χ3v) is 5.24. The Morgan fingerprint density at radius 1 is 1.38 bits per heavy atom. The van der Waals surface area contributed by atoms with E-state index in [-0.39, 0.29) is 10.0 Å². The lowest BCUT2D eigenvalue weighted by Gasteiger charge is -2.22. The van der Waals surface area contributed by atoms with Crippen molar-refractivity contribution in [2.24, 2.45) is 5.16 Å². The van der Waals surface area contributed by atoms with Crippen LogP contribution >= 0.6 is 23.1 Å². The van der Waals surface area contributed by atoms with Crippen LogP contribution in [0, 0.1) is 0 Å². The van der Waals surface area contributed by atoms with Gasteiger partial charge in [-0.3, -0.25) is 0 Å². The van der Waals surface area contributed by atoms with E-state index in [9.17, 15) is 13.3 Å². The second-order valence-corrected chi connectivity index (χ2v) is 9.02. The van der Waals surface area contributed by atoms with Gasteiger partial charge < -0.3 is 9.77 Å². The highest BCUT2D eigenvalue weighted by atomic mass is 79.9. The van der Waals surface area contributed by atoms with E-state index in [1.165, 1.54) is 12.1 Å². The smallest absolute Gasteiger partial charge is 0.323 e. The number of hydrogen-bond acceptors (Lipinski definition) is 4. The molecule has 1 N–H and O–H groups in total. The number of benzene rings is 1. The second-order valence-electron chi connectivity index (χ2n) is 4.90. The summed E-state index contributed by atoms with van der Waals surface area (Å²) in [7, 11) is -3.68. The predicted octanol–water partition coefficient (Wildman–Crippen LogP) is 4.48. The maximum Gasteiger partial charge on any atom is 0.323 e. The van der Waals surface area contributed by atoms with Crippen LogP contribution in [0.4, 0.5) is 8.78 Å². The molecule has 0 bridgehead atoms. The Morgan fingerprint density at radius 3 is 2.62 bits per heavy atom. The van der Waals surface area contributed by atoms with Gasteiger partial charge >= 0.3 is 5.66 Å². The van der Waals surface area contributed by atoms with Crippen molar-refractivity contribution in [3.05, 3.63) is 40.0 Å². The zero-order valence-electron chi connectivity index (χ0n) is 11.2. The quantitative estimate of drug-likeness (QED) is 0.371. The zero-order chi connectivity index (χ0) is 15.8. The number of rotatable bonds is 3. The first-order valence-electron chi connectivity index (χ1n) is 5.88. The van der Waals surface area contributed by atoms with Crippen molar-refractivity contribution in [1.82, 2.24) is 4.98 Å². The van der Waals surface area contributed by atoms with E-state index in [4.69, 9.17) is 5.21 Å². The monoisotopic (exact) mass is 376 g/mol. The molecule has 0 atom stereocenters. The lowest BCUT2D eigenvalue weighted by molar-refractivity contribution is 0.0886. The van der Waals surface area contributed by atoms with Crippen LogP contribution < -0.4 is 0 Å². The minimum Gasteiger partial charge on any atom is -0.411 e. The Labute approximate surface area is 128 Å². The van der Waals surface area contributed by atoms with Gasteiger partial charge in [-0.2, -0.15) is 8.78 Å². The molecular weight excluding hydrogens is 365 g/mol. The van der Waals surface area contributed by atoms with Gasteiger partial charge in [0.15, 0.2) is 7.14 Å². The second kappa shape index (κ2) is 5.46. The third kappa shape index (κ3) is 2.99. The summed E-state index contributed by atoms with van der Waals surface area (Å²) >= 11 is 3.10. The first kappa shape index (κ1) is 16.0. The van der Waals surface area contributed by atoms with Crippen molar-refractivity contribution in [3.8, 4) is 0 Å². The van der Waals surface area contributed by atoms with Gasteiger partial charge in [0.2, 0.25) is 0 Å². The molecule has 0 saturated carbocycles. The van der Waals surface area contributed by atoms with Crippen LogP contribution in [0.3, 0.4) is 0 Å². The van der Waals surface area contributed by atoms with E-state index in [2.05, 4.69) is 26.1 Å². The van der Waals surface area contributed by atoms with Gasteiger partial charge in [-0.25, -0.2) is 4.98 Å².